The van der Waals surface area contributed by atoms with Crippen molar-refractivity contribution in [3.05, 3.63) is 76.6 Å². The summed E-state index contributed by atoms with van der Waals surface area (Å²) in [6.45, 7) is 3.11. The van der Waals surface area contributed by atoms with E-state index in [-0.39, 0.29) is 25.3 Å². The molecule has 1 aliphatic heterocycles. The van der Waals surface area contributed by atoms with Crippen molar-refractivity contribution in [3.63, 3.8) is 0 Å². The summed E-state index contributed by atoms with van der Waals surface area (Å²) in [6, 6.07) is 5.48. The highest BCUT2D eigenvalue weighted by Gasteiger charge is 2.35. The highest BCUT2D eigenvalue weighted by Crippen LogP contribution is 2.33. The number of amides is 2. The van der Waals surface area contributed by atoms with Crippen LogP contribution in [0, 0.1) is 35.0 Å². The van der Waals surface area contributed by atoms with Crippen molar-refractivity contribution in [2.45, 2.75) is 57.8 Å². The van der Waals surface area contributed by atoms with Crippen LogP contribution in [0.4, 0.5) is 22.0 Å². The quantitative estimate of drug-likeness (QED) is 0.214. The molecule has 0 aromatic heterocycles. The molecule has 0 saturated heterocycles. The fourth-order valence-electron chi connectivity index (χ4n) is 4.32. The molecule has 0 bridgehead atoms. The smallest absolute Gasteiger partial charge is 0.348 e. The van der Waals surface area contributed by atoms with E-state index in [1.165, 1.54) is 7.11 Å². The number of cyclic esters (lactones) is 2. The second-order valence-electron chi connectivity index (χ2n) is 10.3. The van der Waals surface area contributed by atoms with Crippen molar-refractivity contribution in [2.75, 3.05) is 13.7 Å². The zero-order chi connectivity index (χ0) is 32.6. The summed E-state index contributed by atoms with van der Waals surface area (Å²) in [7, 11) is 1.48. The molecule has 9 nitrogen and oxygen atoms in total. The maximum Gasteiger partial charge on any atom is 0.348 e. The normalized spacial score (nSPS) is 21.2. The van der Waals surface area contributed by atoms with E-state index < -0.39 is 89.5 Å². The number of carbonyl (C=O) groups is 4. The molecule has 238 valence electrons. The van der Waals surface area contributed by atoms with E-state index in [2.05, 4.69) is 10.6 Å². The summed E-state index contributed by atoms with van der Waals surface area (Å²) in [4.78, 5) is 51.3. The lowest BCUT2D eigenvalue weighted by Crippen LogP contribution is -2.48. The molecular weight excluding hydrogens is 595 g/mol. The Balaban J connectivity index is 1.99. The third-order valence-corrected chi connectivity index (χ3v) is 6.53. The van der Waals surface area contributed by atoms with E-state index in [4.69, 9.17) is 14.2 Å². The van der Waals surface area contributed by atoms with Gasteiger partial charge in [0.15, 0.2) is 29.4 Å². The van der Waals surface area contributed by atoms with E-state index >= 15 is 0 Å². The molecule has 3 atom stereocenters. The van der Waals surface area contributed by atoms with E-state index in [0.29, 0.717) is 11.3 Å². The van der Waals surface area contributed by atoms with Gasteiger partial charge in [0, 0.05) is 19.4 Å². The lowest BCUT2D eigenvalue weighted by atomic mass is 10.0. The van der Waals surface area contributed by atoms with Crippen molar-refractivity contribution < 1.29 is 55.3 Å². The highest BCUT2D eigenvalue weighted by molar-refractivity contribution is 5.93. The van der Waals surface area contributed by atoms with E-state index in [0.717, 1.165) is 12.2 Å². The van der Waals surface area contributed by atoms with Crippen LogP contribution in [-0.2, 0) is 35.1 Å². The van der Waals surface area contributed by atoms with Crippen LogP contribution in [0.25, 0.3) is 0 Å². The van der Waals surface area contributed by atoms with Gasteiger partial charge in [-0.25, -0.2) is 26.7 Å². The molecule has 0 saturated carbocycles. The maximum absolute atomic E-state index is 14.7. The minimum atomic E-state index is -2.41. The molecule has 14 heteroatoms. The number of nitrogens with one attached hydrogen (secondary N) is 2. The van der Waals surface area contributed by atoms with Gasteiger partial charge >= 0.3 is 11.9 Å². The van der Waals surface area contributed by atoms with Crippen LogP contribution >= 0.6 is 0 Å². The summed E-state index contributed by atoms with van der Waals surface area (Å²) in [5, 5.41) is 4.99. The number of hydrogen-bond donors (Lipinski definition) is 2. The molecule has 0 radical (unpaired) electrons. The maximum atomic E-state index is 14.7. The largest absolute Gasteiger partial charge is 0.497 e. The molecule has 0 fully saturated rings. The van der Waals surface area contributed by atoms with Crippen LogP contribution in [-0.4, -0.2) is 49.6 Å². The Bertz CT molecular complexity index is 1390. The third kappa shape index (κ3) is 8.77. The molecule has 0 spiro atoms. The second-order valence-corrected chi connectivity index (χ2v) is 10.3. The number of methoxy groups -OCH3 is 1. The number of esters is 2. The molecule has 1 aliphatic rings. The SMILES string of the molecule is COc1ccc(C[C@@H]2NC(=O)/C=C/C[C@@H](c3c(F)c(F)c(F)c(F)c3F)OC(=O)[C@H](CC(C)C)OC(=O)CCNC2=O)cc1. The van der Waals surface area contributed by atoms with Crippen molar-refractivity contribution in [1.29, 1.82) is 0 Å². The minimum Gasteiger partial charge on any atom is -0.497 e. The zero-order valence-electron chi connectivity index (χ0n) is 24.1. The molecule has 2 aromatic carbocycles. The Morgan fingerprint density at radius 1 is 0.909 bits per heavy atom. The van der Waals surface area contributed by atoms with Gasteiger partial charge in [-0.15, -0.1) is 0 Å². The molecule has 44 heavy (non-hydrogen) atoms. The fraction of sp³-hybridized carbons (Fsp3) is 0.400. The summed E-state index contributed by atoms with van der Waals surface area (Å²) in [6.07, 6.45) is -3.11. The van der Waals surface area contributed by atoms with Gasteiger partial charge in [-0.05, 0) is 36.1 Å². The number of hydrogen-bond acceptors (Lipinski definition) is 7. The first-order valence-electron chi connectivity index (χ1n) is 13.6. The van der Waals surface area contributed by atoms with Crippen molar-refractivity contribution >= 4 is 23.8 Å². The van der Waals surface area contributed by atoms with Gasteiger partial charge in [0.2, 0.25) is 17.6 Å². The monoisotopic (exact) mass is 626 g/mol. The second kappa shape index (κ2) is 15.3. The fourth-order valence-corrected chi connectivity index (χ4v) is 4.32. The van der Waals surface area contributed by atoms with Gasteiger partial charge in [-0.1, -0.05) is 32.1 Å². The van der Waals surface area contributed by atoms with Crippen molar-refractivity contribution in [3.8, 4) is 5.75 Å². The average Bonchev–Trinajstić information content (AvgIpc) is 2.97. The zero-order valence-corrected chi connectivity index (χ0v) is 24.1. The Morgan fingerprint density at radius 3 is 2.11 bits per heavy atom. The summed E-state index contributed by atoms with van der Waals surface area (Å²) >= 11 is 0. The first-order chi connectivity index (χ1) is 20.8. The first kappa shape index (κ1) is 34.0. The molecule has 2 aromatic rings. The molecular formula is C30H31F5N2O7. The standard InChI is InChI=1S/C30H31F5N2O7/c1-15(2)13-20-30(41)44-19(23-24(31)26(33)28(35)27(34)25(23)32)5-4-6-21(38)37-18(29(40)36-12-11-22(39)43-20)14-16-7-9-17(42-3)10-8-16/h4,6-10,15,18-20H,5,11-14H2,1-3H3,(H,36,40)(H,37,38)/b6-4+/t18-,19-,20-/m0/s1. The van der Waals surface area contributed by atoms with Gasteiger partial charge in [0.25, 0.3) is 0 Å². The predicted molar refractivity (Wildman–Crippen MR) is 144 cm³/mol. The van der Waals surface area contributed by atoms with Gasteiger partial charge in [-0.3, -0.25) is 14.4 Å². The van der Waals surface area contributed by atoms with Crippen LogP contribution in [0.3, 0.4) is 0 Å². The lowest BCUT2D eigenvalue weighted by Gasteiger charge is -2.24. The molecule has 2 N–H and O–H groups in total. The van der Waals surface area contributed by atoms with Gasteiger partial charge in [-0.2, -0.15) is 0 Å². The van der Waals surface area contributed by atoms with Crippen LogP contribution < -0.4 is 15.4 Å². The van der Waals surface area contributed by atoms with Crippen LogP contribution in [0.1, 0.15) is 50.3 Å². The van der Waals surface area contributed by atoms with Crippen molar-refractivity contribution in [1.82, 2.24) is 10.6 Å². The van der Waals surface area contributed by atoms with E-state index in [1.807, 2.05) is 0 Å². The Labute approximate surface area is 249 Å². The van der Waals surface area contributed by atoms with E-state index in [1.54, 1.807) is 38.1 Å². The molecule has 1 heterocycles. The number of rotatable bonds is 6. The lowest BCUT2D eigenvalue weighted by molar-refractivity contribution is -0.173. The predicted octanol–water partition coefficient (Wildman–Crippen LogP) is 4.13. The van der Waals surface area contributed by atoms with Crippen LogP contribution in [0.5, 0.6) is 5.75 Å². The molecule has 0 unspecified atom stereocenters. The van der Waals surface area contributed by atoms with Crippen LogP contribution in [0.2, 0.25) is 0 Å². The number of carbonyl (C=O) groups excluding carboxylic acids is 4. The molecule has 2 amide bonds. The number of benzene rings is 2. The highest BCUT2D eigenvalue weighted by atomic mass is 19.2. The Morgan fingerprint density at radius 2 is 1.52 bits per heavy atom. The number of halogens is 5. The van der Waals surface area contributed by atoms with Crippen molar-refractivity contribution in [2.24, 2.45) is 5.92 Å². The van der Waals surface area contributed by atoms with Gasteiger partial charge in [0.1, 0.15) is 17.9 Å². The molecule has 3 rings (SSSR count). The minimum absolute atomic E-state index is 0.0150. The summed E-state index contributed by atoms with van der Waals surface area (Å²) < 4.78 is 86.8. The Hall–Kier alpha value is -4.49. The third-order valence-electron chi connectivity index (χ3n) is 6.53. The summed E-state index contributed by atoms with van der Waals surface area (Å²) in [5.74, 6) is -14.9. The summed E-state index contributed by atoms with van der Waals surface area (Å²) in [5.41, 5.74) is -0.814. The average molecular weight is 627 g/mol. The molecule has 0 aliphatic carbocycles. The van der Waals surface area contributed by atoms with Crippen LogP contribution in [0.15, 0.2) is 36.4 Å². The van der Waals surface area contributed by atoms with E-state index in [9.17, 15) is 41.1 Å². The van der Waals surface area contributed by atoms with Gasteiger partial charge < -0.3 is 24.8 Å². The topological polar surface area (TPSA) is 120 Å². The number of ether oxygens (including phenoxy) is 3. The van der Waals surface area contributed by atoms with Gasteiger partial charge in [0.05, 0.1) is 19.1 Å². The Kier molecular flexibility index (Phi) is 11.8. The first-order valence-corrected chi connectivity index (χ1v) is 13.6.